The number of aromatic nitrogens is 2. The van der Waals surface area contributed by atoms with Gasteiger partial charge in [0.2, 0.25) is 5.91 Å². The molecule has 1 amide bonds. The molecule has 0 unspecified atom stereocenters. The van der Waals surface area contributed by atoms with Crippen molar-refractivity contribution in [1.82, 2.24) is 15.1 Å². The van der Waals surface area contributed by atoms with Crippen LogP contribution in [0.3, 0.4) is 0 Å². The molecule has 0 bridgehead atoms. The number of rotatable bonds is 2. The lowest BCUT2D eigenvalue weighted by Crippen LogP contribution is -2.55. The van der Waals surface area contributed by atoms with Crippen molar-refractivity contribution in [1.29, 1.82) is 0 Å². The van der Waals surface area contributed by atoms with Gasteiger partial charge in [-0.25, -0.2) is 0 Å². The summed E-state index contributed by atoms with van der Waals surface area (Å²) in [5.74, 6) is 1.45. The molecule has 2 heterocycles. The first-order valence-corrected chi connectivity index (χ1v) is 9.99. The molecular weight excluding hydrogens is 348 g/mol. The van der Waals surface area contributed by atoms with Gasteiger partial charge in [0.15, 0.2) is 11.0 Å². The Labute approximate surface area is 159 Å². The minimum absolute atomic E-state index is 0.204. The van der Waals surface area contributed by atoms with E-state index in [9.17, 15) is 4.79 Å². The summed E-state index contributed by atoms with van der Waals surface area (Å²) in [7, 11) is 0. The Kier molecular flexibility index (Phi) is 4.98. The van der Waals surface area contributed by atoms with Gasteiger partial charge in [-0.2, -0.15) is 0 Å². The quantitative estimate of drug-likeness (QED) is 0.802. The molecular formula is C20H25ClN4O. The first-order chi connectivity index (χ1) is 12.6. The van der Waals surface area contributed by atoms with E-state index in [0.717, 1.165) is 49.1 Å². The number of hydrogen-bond donors (Lipinski definition) is 0. The third kappa shape index (κ3) is 3.25. The van der Waals surface area contributed by atoms with E-state index < -0.39 is 0 Å². The Morgan fingerprint density at radius 2 is 1.81 bits per heavy atom. The van der Waals surface area contributed by atoms with Crippen molar-refractivity contribution >= 4 is 34.1 Å². The van der Waals surface area contributed by atoms with Gasteiger partial charge >= 0.3 is 0 Å². The molecule has 0 N–H and O–H groups in total. The zero-order valence-corrected chi connectivity index (χ0v) is 16.0. The molecule has 1 aliphatic heterocycles. The average molecular weight is 373 g/mol. The highest BCUT2D eigenvalue weighted by Crippen LogP contribution is 2.31. The summed E-state index contributed by atoms with van der Waals surface area (Å²) in [5, 5.41) is 10.9. The highest BCUT2D eigenvalue weighted by Gasteiger charge is 2.32. The number of carbonyl (C=O) groups is 1. The summed E-state index contributed by atoms with van der Waals surface area (Å²) in [6, 6.07) is 8.18. The van der Waals surface area contributed by atoms with Crippen LogP contribution in [0.5, 0.6) is 0 Å². The van der Waals surface area contributed by atoms with E-state index in [1.165, 1.54) is 19.3 Å². The number of hydrogen-bond acceptors (Lipinski definition) is 4. The summed E-state index contributed by atoms with van der Waals surface area (Å²) >= 11 is 6.21. The van der Waals surface area contributed by atoms with Crippen LogP contribution in [0.2, 0.25) is 5.15 Å². The van der Waals surface area contributed by atoms with Gasteiger partial charge in [0.25, 0.3) is 0 Å². The largest absolute Gasteiger partial charge is 0.348 e. The molecule has 6 heteroatoms. The zero-order chi connectivity index (χ0) is 18.1. The molecule has 1 saturated carbocycles. The van der Waals surface area contributed by atoms with Crippen LogP contribution in [0.15, 0.2) is 24.3 Å². The lowest BCUT2D eigenvalue weighted by molar-refractivity contribution is -0.137. The normalized spacial score (nSPS) is 22.0. The van der Waals surface area contributed by atoms with E-state index in [0.29, 0.717) is 11.1 Å². The Bertz CT molecular complexity index is 805. The molecule has 1 atom stereocenters. The maximum Gasteiger partial charge on any atom is 0.225 e. The first kappa shape index (κ1) is 17.5. The lowest BCUT2D eigenvalue weighted by atomic mass is 9.88. The van der Waals surface area contributed by atoms with Crippen molar-refractivity contribution in [2.75, 3.05) is 24.5 Å². The first-order valence-electron chi connectivity index (χ1n) is 9.61. The van der Waals surface area contributed by atoms with Crippen LogP contribution in [0.25, 0.3) is 10.8 Å². The SMILES string of the molecule is C[C@@H]1CN(C(=O)C2CCCCC2)CCN1c1nnc(Cl)c2ccccc12. The number of amides is 1. The Morgan fingerprint density at radius 1 is 1.08 bits per heavy atom. The van der Waals surface area contributed by atoms with Gasteiger partial charge < -0.3 is 9.80 Å². The predicted molar refractivity (Wildman–Crippen MR) is 105 cm³/mol. The molecule has 2 aliphatic rings. The van der Waals surface area contributed by atoms with Crippen LogP contribution in [-0.2, 0) is 4.79 Å². The topological polar surface area (TPSA) is 49.3 Å². The minimum Gasteiger partial charge on any atom is -0.348 e. The van der Waals surface area contributed by atoms with Crippen molar-refractivity contribution < 1.29 is 4.79 Å². The Morgan fingerprint density at radius 3 is 2.54 bits per heavy atom. The van der Waals surface area contributed by atoms with Gasteiger partial charge in [-0.05, 0) is 19.8 Å². The molecule has 0 spiro atoms. The van der Waals surface area contributed by atoms with Gasteiger partial charge in [0.05, 0.1) is 0 Å². The molecule has 5 nitrogen and oxygen atoms in total. The Hall–Kier alpha value is -1.88. The molecule has 1 aromatic carbocycles. The van der Waals surface area contributed by atoms with Crippen LogP contribution in [-0.4, -0.2) is 46.7 Å². The molecule has 138 valence electrons. The third-order valence-electron chi connectivity index (χ3n) is 5.79. The van der Waals surface area contributed by atoms with Gasteiger partial charge in [-0.15, -0.1) is 10.2 Å². The third-order valence-corrected chi connectivity index (χ3v) is 6.07. The summed E-state index contributed by atoms with van der Waals surface area (Å²) in [6.45, 7) is 4.43. The van der Waals surface area contributed by atoms with Crippen LogP contribution < -0.4 is 4.90 Å². The minimum atomic E-state index is 0.204. The van der Waals surface area contributed by atoms with Gasteiger partial charge in [0, 0.05) is 42.4 Å². The smallest absolute Gasteiger partial charge is 0.225 e. The number of piperazine rings is 1. The summed E-state index contributed by atoms with van der Waals surface area (Å²) in [5.41, 5.74) is 0. The fourth-order valence-electron chi connectivity index (χ4n) is 4.35. The zero-order valence-electron chi connectivity index (χ0n) is 15.2. The fourth-order valence-corrected chi connectivity index (χ4v) is 4.55. The second-order valence-corrected chi connectivity index (χ2v) is 7.88. The maximum absolute atomic E-state index is 12.9. The number of benzene rings is 1. The summed E-state index contributed by atoms with van der Waals surface area (Å²) in [6.07, 6.45) is 5.77. The van der Waals surface area contributed by atoms with Crippen LogP contribution in [0.1, 0.15) is 39.0 Å². The molecule has 2 fully saturated rings. The number of carbonyl (C=O) groups excluding carboxylic acids is 1. The molecule has 2 aromatic rings. The van der Waals surface area contributed by atoms with Crippen molar-refractivity contribution in [3.63, 3.8) is 0 Å². The number of anilines is 1. The Balaban J connectivity index is 1.53. The average Bonchev–Trinajstić information content (AvgIpc) is 2.69. The second-order valence-electron chi connectivity index (χ2n) is 7.52. The lowest BCUT2D eigenvalue weighted by Gasteiger charge is -2.42. The second kappa shape index (κ2) is 7.39. The van der Waals surface area contributed by atoms with E-state index in [4.69, 9.17) is 11.6 Å². The van der Waals surface area contributed by atoms with Crippen LogP contribution in [0, 0.1) is 5.92 Å². The molecule has 1 aliphatic carbocycles. The monoisotopic (exact) mass is 372 g/mol. The maximum atomic E-state index is 12.9. The molecule has 26 heavy (non-hydrogen) atoms. The number of halogens is 1. The van der Waals surface area contributed by atoms with E-state index in [2.05, 4.69) is 26.9 Å². The number of fused-ring (bicyclic) bond motifs is 1. The standard InChI is InChI=1S/C20H25ClN4O/c1-14-13-24(20(26)15-7-3-2-4-8-15)11-12-25(14)19-17-10-6-5-9-16(17)18(21)22-23-19/h5-6,9-10,14-15H,2-4,7-8,11-13H2,1H3/t14-/m1/s1. The van der Waals surface area contributed by atoms with Gasteiger partial charge in [-0.3, -0.25) is 4.79 Å². The van der Waals surface area contributed by atoms with E-state index in [1.807, 2.05) is 24.3 Å². The molecule has 1 aromatic heterocycles. The van der Waals surface area contributed by atoms with E-state index in [1.54, 1.807) is 0 Å². The highest BCUT2D eigenvalue weighted by molar-refractivity contribution is 6.34. The van der Waals surface area contributed by atoms with Crippen molar-refractivity contribution in [2.45, 2.75) is 45.1 Å². The van der Waals surface area contributed by atoms with Crippen LogP contribution in [0.4, 0.5) is 5.82 Å². The fraction of sp³-hybridized carbons (Fsp3) is 0.550. The van der Waals surface area contributed by atoms with E-state index in [-0.39, 0.29) is 12.0 Å². The number of nitrogens with zero attached hydrogens (tertiary/aromatic N) is 4. The summed E-state index contributed by atoms with van der Waals surface area (Å²) < 4.78 is 0. The van der Waals surface area contributed by atoms with Gasteiger partial charge in [-0.1, -0.05) is 55.1 Å². The van der Waals surface area contributed by atoms with E-state index >= 15 is 0 Å². The van der Waals surface area contributed by atoms with Crippen molar-refractivity contribution in [3.05, 3.63) is 29.4 Å². The van der Waals surface area contributed by atoms with Crippen LogP contribution >= 0.6 is 11.6 Å². The molecule has 0 radical (unpaired) electrons. The molecule has 1 saturated heterocycles. The highest BCUT2D eigenvalue weighted by atomic mass is 35.5. The summed E-state index contributed by atoms with van der Waals surface area (Å²) in [4.78, 5) is 17.2. The predicted octanol–water partition coefficient (Wildman–Crippen LogP) is 3.90. The van der Waals surface area contributed by atoms with Crippen molar-refractivity contribution in [2.24, 2.45) is 5.92 Å². The van der Waals surface area contributed by atoms with Gasteiger partial charge in [0.1, 0.15) is 0 Å². The molecule has 4 rings (SSSR count). The van der Waals surface area contributed by atoms with Crippen molar-refractivity contribution in [3.8, 4) is 0 Å².